The van der Waals surface area contributed by atoms with Crippen LogP contribution in [0.25, 0.3) is 0 Å². The van der Waals surface area contributed by atoms with Crippen molar-refractivity contribution in [2.45, 2.75) is 49.9 Å². The number of hydrogen-bond donors (Lipinski definition) is 4. The first-order valence-electron chi connectivity index (χ1n) is 12.4. The fourth-order valence-electron chi connectivity index (χ4n) is 4.71. The van der Waals surface area contributed by atoms with E-state index in [1.54, 1.807) is 0 Å². The molecular formula is C29H29F2N3O4. The largest absolute Gasteiger partial charge is 0.378 e. The number of carbonyl (C=O) groups is 3. The molecule has 3 aromatic carbocycles. The van der Waals surface area contributed by atoms with E-state index >= 15 is 0 Å². The highest BCUT2D eigenvalue weighted by atomic mass is 19.1. The summed E-state index contributed by atoms with van der Waals surface area (Å²) >= 11 is 0. The zero-order chi connectivity index (χ0) is 27.2. The molecule has 1 fully saturated rings. The van der Waals surface area contributed by atoms with Gasteiger partial charge in [0.1, 0.15) is 23.7 Å². The van der Waals surface area contributed by atoms with E-state index in [9.17, 15) is 28.3 Å². The van der Waals surface area contributed by atoms with Gasteiger partial charge in [0.15, 0.2) is 6.10 Å². The molecule has 1 aliphatic rings. The standard InChI is InChI=1S/C29H29F2N3O4/c1-17(32-29(38)26(35)20-14-21(30)16-22(31)15-20)27(36)34-25-23(18-8-4-2-5-9-18)12-13-24(33-28(25)37)19-10-6-3-7-11-19/h2-11,14-17,23-26,35H,12-13H2,1H3,(H,32,38)(H,33,37)(H,34,36)/t17-,23+,24-,25-,26+/m0/s1. The van der Waals surface area contributed by atoms with E-state index in [1.165, 1.54) is 6.92 Å². The molecule has 0 aromatic heterocycles. The zero-order valence-electron chi connectivity index (χ0n) is 20.7. The van der Waals surface area contributed by atoms with E-state index in [0.717, 1.165) is 23.3 Å². The van der Waals surface area contributed by atoms with E-state index < -0.39 is 41.6 Å². The molecule has 1 aliphatic heterocycles. The second-order valence-corrected chi connectivity index (χ2v) is 9.39. The highest BCUT2D eigenvalue weighted by Crippen LogP contribution is 2.33. The maximum Gasteiger partial charge on any atom is 0.254 e. The summed E-state index contributed by atoms with van der Waals surface area (Å²) in [7, 11) is 0. The molecule has 38 heavy (non-hydrogen) atoms. The van der Waals surface area contributed by atoms with Crippen LogP contribution in [0.4, 0.5) is 8.78 Å². The lowest BCUT2D eigenvalue weighted by Gasteiger charge is -2.27. The molecule has 198 valence electrons. The number of halogens is 2. The zero-order valence-corrected chi connectivity index (χ0v) is 20.7. The molecule has 7 nitrogen and oxygen atoms in total. The molecule has 0 unspecified atom stereocenters. The Morgan fingerprint density at radius 2 is 1.47 bits per heavy atom. The average Bonchev–Trinajstić information content (AvgIpc) is 3.07. The van der Waals surface area contributed by atoms with Crippen LogP contribution in [0.2, 0.25) is 0 Å². The van der Waals surface area contributed by atoms with Crippen molar-refractivity contribution in [2.75, 3.05) is 0 Å². The Hall–Kier alpha value is -4.11. The second kappa shape index (κ2) is 12.0. The predicted octanol–water partition coefficient (Wildman–Crippen LogP) is 3.42. The third kappa shape index (κ3) is 6.41. The lowest BCUT2D eigenvalue weighted by atomic mass is 9.86. The highest BCUT2D eigenvalue weighted by Gasteiger charge is 2.37. The van der Waals surface area contributed by atoms with Crippen LogP contribution >= 0.6 is 0 Å². The second-order valence-electron chi connectivity index (χ2n) is 9.39. The van der Waals surface area contributed by atoms with Gasteiger partial charge in [-0.25, -0.2) is 8.78 Å². The summed E-state index contributed by atoms with van der Waals surface area (Å²) in [5, 5.41) is 18.4. The summed E-state index contributed by atoms with van der Waals surface area (Å²) in [6, 6.07) is 19.0. The van der Waals surface area contributed by atoms with Gasteiger partial charge < -0.3 is 21.1 Å². The van der Waals surface area contributed by atoms with Crippen molar-refractivity contribution in [3.05, 3.63) is 107 Å². The number of amides is 3. The van der Waals surface area contributed by atoms with Crippen LogP contribution < -0.4 is 16.0 Å². The molecule has 0 radical (unpaired) electrons. The summed E-state index contributed by atoms with van der Waals surface area (Å²) < 4.78 is 27.0. The van der Waals surface area contributed by atoms with Crippen LogP contribution in [0, 0.1) is 11.6 Å². The highest BCUT2D eigenvalue weighted by molar-refractivity contribution is 5.93. The smallest absolute Gasteiger partial charge is 0.254 e. The SMILES string of the molecule is C[C@H](NC(=O)[C@H](O)c1cc(F)cc(F)c1)C(=O)N[C@@H]1C(=O)N[C@H](c2ccccc2)CC[C@@H]1c1ccccc1. The average molecular weight is 522 g/mol. The third-order valence-electron chi connectivity index (χ3n) is 6.70. The Morgan fingerprint density at radius 1 is 0.895 bits per heavy atom. The van der Waals surface area contributed by atoms with Gasteiger partial charge in [-0.15, -0.1) is 0 Å². The van der Waals surface area contributed by atoms with Crippen molar-refractivity contribution < 1.29 is 28.3 Å². The summed E-state index contributed by atoms with van der Waals surface area (Å²) in [4.78, 5) is 39.0. The van der Waals surface area contributed by atoms with E-state index in [0.29, 0.717) is 18.9 Å². The number of nitrogens with one attached hydrogen (secondary N) is 3. The first-order chi connectivity index (χ1) is 18.2. The van der Waals surface area contributed by atoms with E-state index in [-0.39, 0.29) is 23.4 Å². The maximum atomic E-state index is 13.5. The first kappa shape index (κ1) is 26.9. The third-order valence-corrected chi connectivity index (χ3v) is 6.70. The number of rotatable bonds is 7. The summed E-state index contributed by atoms with van der Waals surface area (Å²) in [5.41, 5.74) is 1.57. The molecule has 0 aliphatic carbocycles. The monoisotopic (exact) mass is 521 g/mol. The Kier molecular flexibility index (Phi) is 8.48. The van der Waals surface area contributed by atoms with Crippen LogP contribution in [-0.4, -0.2) is 34.9 Å². The number of aliphatic hydroxyl groups is 1. The summed E-state index contributed by atoms with van der Waals surface area (Å²) in [6.45, 7) is 1.39. The fraction of sp³-hybridized carbons (Fsp3) is 0.276. The quantitative estimate of drug-likeness (QED) is 0.382. The molecule has 0 bridgehead atoms. The van der Waals surface area contributed by atoms with Gasteiger partial charge >= 0.3 is 0 Å². The summed E-state index contributed by atoms with van der Waals surface area (Å²) in [5.74, 6) is -4.22. The van der Waals surface area contributed by atoms with Crippen molar-refractivity contribution in [1.29, 1.82) is 0 Å². The number of hydrogen-bond acceptors (Lipinski definition) is 4. The first-order valence-corrected chi connectivity index (χ1v) is 12.4. The molecule has 1 saturated heterocycles. The van der Waals surface area contributed by atoms with Crippen LogP contribution in [-0.2, 0) is 14.4 Å². The lowest BCUT2D eigenvalue weighted by Crippen LogP contribution is -2.54. The topological polar surface area (TPSA) is 108 Å². The summed E-state index contributed by atoms with van der Waals surface area (Å²) in [6.07, 6.45) is -0.623. The van der Waals surface area contributed by atoms with Gasteiger partial charge in [-0.1, -0.05) is 60.7 Å². The van der Waals surface area contributed by atoms with Gasteiger partial charge in [-0.2, -0.15) is 0 Å². The maximum absolute atomic E-state index is 13.5. The van der Waals surface area contributed by atoms with Gasteiger partial charge in [0.25, 0.3) is 5.91 Å². The minimum Gasteiger partial charge on any atom is -0.378 e. The Morgan fingerprint density at radius 3 is 2.08 bits per heavy atom. The fourth-order valence-corrected chi connectivity index (χ4v) is 4.71. The van der Waals surface area contributed by atoms with Crippen molar-refractivity contribution in [1.82, 2.24) is 16.0 Å². The lowest BCUT2D eigenvalue weighted by molar-refractivity contribution is -0.135. The van der Waals surface area contributed by atoms with Gasteiger partial charge in [-0.3, -0.25) is 14.4 Å². The Balaban J connectivity index is 1.49. The molecule has 0 spiro atoms. The van der Waals surface area contributed by atoms with Crippen LogP contribution in [0.15, 0.2) is 78.9 Å². The molecule has 4 N–H and O–H groups in total. The molecular weight excluding hydrogens is 492 g/mol. The van der Waals surface area contributed by atoms with Gasteiger partial charge in [0.2, 0.25) is 11.8 Å². The Labute approximate surface area is 219 Å². The van der Waals surface area contributed by atoms with Crippen molar-refractivity contribution in [3.8, 4) is 0 Å². The molecule has 9 heteroatoms. The number of carbonyl (C=O) groups excluding carboxylic acids is 3. The minimum atomic E-state index is -1.89. The molecule has 3 amide bonds. The van der Waals surface area contributed by atoms with Crippen molar-refractivity contribution in [3.63, 3.8) is 0 Å². The van der Waals surface area contributed by atoms with E-state index in [1.807, 2.05) is 60.7 Å². The van der Waals surface area contributed by atoms with Gasteiger partial charge in [-0.05, 0) is 48.6 Å². The number of benzene rings is 3. The predicted molar refractivity (Wildman–Crippen MR) is 137 cm³/mol. The normalized spacial score (nSPS) is 20.9. The van der Waals surface area contributed by atoms with Crippen molar-refractivity contribution >= 4 is 17.7 Å². The molecule has 4 rings (SSSR count). The van der Waals surface area contributed by atoms with E-state index in [2.05, 4.69) is 16.0 Å². The number of aliphatic hydroxyl groups excluding tert-OH is 1. The van der Waals surface area contributed by atoms with Gasteiger partial charge in [0, 0.05) is 12.0 Å². The van der Waals surface area contributed by atoms with Crippen LogP contribution in [0.3, 0.4) is 0 Å². The Bertz CT molecular complexity index is 1270. The molecule has 3 aromatic rings. The van der Waals surface area contributed by atoms with E-state index in [4.69, 9.17) is 0 Å². The van der Waals surface area contributed by atoms with Crippen molar-refractivity contribution in [2.24, 2.45) is 0 Å². The molecule has 5 atom stereocenters. The molecule has 1 heterocycles. The minimum absolute atomic E-state index is 0.226. The van der Waals surface area contributed by atoms with Crippen LogP contribution in [0.1, 0.15) is 54.5 Å². The van der Waals surface area contributed by atoms with Crippen LogP contribution in [0.5, 0.6) is 0 Å². The molecule has 0 saturated carbocycles. The van der Waals surface area contributed by atoms with Gasteiger partial charge in [0.05, 0.1) is 6.04 Å².